The maximum Gasteiger partial charge on any atom is 0.387 e. The van der Waals surface area contributed by atoms with E-state index in [0.717, 1.165) is 16.1 Å². The standard InChI is InChI=1S/C19H16BrF2NO4/c1-12-2-8-16(15(20)10-12)23-17(24)11-26-18(25)9-5-13-3-6-14(7-4-13)27-19(21)22/h2-10,19H,11H2,1H3,(H,23,24). The second-order valence-electron chi connectivity index (χ2n) is 5.42. The number of carbonyl (C=O) groups is 2. The smallest absolute Gasteiger partial charge is 0.387 e. The van der Waals surface area contributed by atoms with Crippen molar-refractivity contribution in [2.45, 2.75) is 13.5 Å². The zero-order valence-corrected chi connectivity index (χ0v) is 15.8. The Kier molecular flexibility index (Phi) is 7.48. The zero-order valence-electron chi connectivity index (χ0n) is 14.2. The van der Waals surface area contributed by atoms with Gasteiger partial charge in [0.1, 0.15) is 5.75 Å². The van der Waals surface area contributed by atoms with E-state index in [2.05, 4.69) is 26.0 Å². The highest BCUT2D eigenvalue weighted by Gasteiger charge is 2.08. The van der Waals surface area contributed by atoms with Gasteiger partial charge in [-0.1, -0.05) is 18.2 Å². The molecule has 0 aliphatic carbocycles. The lowest BCUT2D eigenvalue weighted by Gasteiger charge is -2.08. The molecule has 0 fully saturated rings. The summed E-state index contributed by atoms with van der Waals surface area (Å²) in [6.07, 6.45) is 2.57. The molecule has 0 bridgehead atoms. The third-order valence-electron chi connectivity index (χ3n) is 3.26. The molecule has 0 unspecified atom stereocenters. The number of alkyl halides is 2. The van der Waals surface area contributed by atoms with Crippen LogP contribution in [0.2, 0.25) is 0 Å². The molecule has 0 saturated carbocycles. The number of ether oxygens (including phenoxy) is 2. The molecule has 0 heterocycles. The first-order valence-electron chi connectivity index (χ1n) is 7.79. The Bertz CT molecular complexity index is 838. The number of halogens is 3. The molecule has 0 aromatic heterocycles. The number of amides is 1. The van der Waals surface area contributed by atoms with E-state index in [1.54, 1.807) is 6.07 Å². The quantitative estimate of drug-likeness (QED) is 0.507. The summed E-state index contributed by atoms with van der Waals surface area (Å²) in [5.74, 6) is -1.17. The fourth-order valence-electron chi connectivity index (χ4n) is 2.02. The first kappa shape index (κ1) is 20.6. The summed E-state index contributed by atoms with van der Waals surface area (Å²) in [6, 6.07) is 11.1. The van der Waals surface area contributed by atoms with E-state index in [1.165, 1.54) is 30.3 Å². The van der Waals surface area contributed by atoms with Crippen molar-refractivity contribution in [1.82, 2.24) is 0 Å². The van der Waals surface area contributed by atoms with Crippen LogP contribution in [0.25, 0.3) is 6.08 Å². The van der Waals surface area contributed by atoms with E-state index in [1.807, 2.05) is 19.1 Å². The van der Waals surface area contributed by atoms with Crippen LogP contribution < -0.4 is 10.1 Å². The van der Waals surface area contributed by atoms with Crippen LogP contribution in [0, 0.1) is 6.92 Å². The van der Waals surface area contributed by atoms with Gasteiger partial charge in [-0.25, -0.2) is 4.79 Å². The van der Waals surface area contributed by atoms with Gasteiger partial charge in [-0.3, -0.25) is 4.79 Å². The topological polar surface area (TPSA) is 64.6 Å². The van der Waals surface area contributed by atoms with Crippen LogP contribution in [0.3, 0.4) is 0 Å². The minimum atomic E-state index is -2.90. The molecule has 5 nitrogen and oxygen atoms in total. The van der Waals surface area contributed by atoms with Gasteiger partial charge in [-0.2, -0.15) is 8.78 Å². The molecule has 0 spiro atoms. The van der Waals surface area contributed by atoms with E-state index >= 15 is 0 Å². The minimum absolute atomic E-state index is 0.0173. The molecule has 142 valence electrons. The number of nitrogens with one attached hydrogen (secondary N) is 1. The molecule has 2 rings (SSSR count). The molecular weight excluding hydrogens is 424 g/mol. The van der Waals surface area contributed by atoms with Crippen molar-refractivity contribution in [2.75, 3.05) is 11.9 Å². The van der Waals surface area contributed by atoms with Crippen LogP contribution in [-0.2, 0) is 14.3 Å². The Hall–Kier alpha value is -2.74. The molecular formula is C19H16BrF2NO4. The monoisotopic (exact) mass is 439 g/mol. The fourth-order valence-corrected chi connectivity index (χ4v) is 2.61. The van der Waals surface area contributed by atoms with Crippen molar-refractivity contribution in [3.05, 3.63) is 64.1 Å². The molecule has 27 heavy (non-hydrogen) atoms. The van der Waals surface area contributed by atoms with Crippen molar-refractivity contribution in [3.8, 4) is 5.75 Å². The summed E-state index contributed by atoms with van der Waals surface area (Å²) >= 11 is 3.34. The van der Waals surface area contributed by atoms with Gasteiger partial charge in [-0.15, -0.1) is 0 Å². The molecule has 1 amide bonds. The van der Waals surface area contributed by atoms with E-state index in [9.17, 15) is 18.4 Å². The second-order valence-corrected chi connectivity index (χ2v) is 6.27. The van der Waals surface area contributed by atoms with Crippen LogP contribution in [-0.4, -0.2) is 25.1 Å². The Morgan fingerprint density at radius 2 is 1.89 bits per heavy atom. The number of benzene rings is 2. The fraction of sp³-hybridized carbons (Fsp3) is 0.158. The van der Waals surface area contributed by atoms with Gasteiger partial charge >= 0.3 is 12.6 Å². The van der Waals surface area contributed by atoms with E-state index in [0.29, 0.717) is 11.3 Å². The third kappa shape index (κ3) is 7.18. The number of aryl methyl sites for hydroxylation is 1. The van der Waals surface area contributed by atoms with Gasteiger partial charge in [-0.05, 0) is 64.3 Å². The van der Waals surface area contributed by atoms with Crippen molar-refractivity contribution in [2.24, 2.45) is 0 Å². The lowest BCUT2D eigenvalue weighted by molar-refractivity contribution is -0.142. The summed E-state index contributed by atoms with van der Waals surface area (Å²) in [4.78, 5) is 23.5. The first-order valence-corrected chi connectivity index (χ1v) is 8.58. The van der Waals surface area contributed by atoms with Crippen molar-refractivity contribution < 1.29 is 27.8 Å². The first-order chi connectivity index (χ1) is 12.8. The van der Waals surface area contributed by atoms with Gasteiger partial charge in [0, 0.05) is 10.5 Å². The number of hydrogen-bond acceptors (Lipinski definition) is 4. The van der Waals surface area contributed by atoms with E-state index in [4.69, 9.17) is 4.74 Å². The lowest BCUT2D eigenvalue weighted by atomic mass is 10.2. The number of esters is 1. The lowest BCUT2D eigenvalue weighted by Crippen LogP contribution is -2.20. The maximum absolute atomic E-state index is 12.1. The Morgan fingerprint density at radius 1 is 1.19 bits per heavy atom. The predicted octanol–water partition coefficient (Wildman–Crippen LogP) is 4.55. The summed E-state index contributed by atoms with van der Waals surface area (Å²) in [5.41, 5.74) is 2.19. The number of rotatable bonds is 7. The summed E-state index contributed by atoms with van der Waals surface area (Å²) < 4.78 is 34.0. The average Bonchev–Trinajstić information content (AvgIpc) is 2.61. The third-order valence-corrected chi connectivity index (χ3v) is 3.92. The van der Waals surface area contributed by atoms with Gasteiger partial charge in [0.25, 0.3) is 5.91 Å². The van der Waals surface area contributed by atoms with Crippen LogP contribution in [0.15, 0.2) is 53.0 Å². The number of hydrogen-bond donors (Lipinski definition) is 1. The summed E-state index contributed by atoms with van der Waals surface area (Å²) in [7, 11) is 0. The summed E-state index contributed by atoms with van der Waals surface area (Å²) in [5, 5.41) is 2.63. The van der Waals surface area contributed by atoms with Crippen molar-refractivity contribution in [1.29, 1.82) is 0 Å². The molecule has 0 saturated heterocycles. The predicted molar refractivity (Wildman–Crippen MR) is 101 cm³/mol. The molecule has 1 N–H and O–H groups in total. The number of anilines is 1. The van der Waals surface area contributed by atoms with Gasteiger partial charge in [0.15, 0.2) is 6.61 Å². The molecule has 2 aromatic rings. The molecule has 0 radical (unpaired) electrons. The average molecular weight is 440 g/mol. The van der Waals surface area contributed by atoms with Crippen molar-refractivity contribution in [3.63, 3.8) is 0 Å². The highest BCUT2D eigenvalue weighted by molar-refractivity contribution is 9.10. The highest BCUT2D eigenvalue weighted by Crippen LogP contribution is 2.23. The molecule has 0 aliphatic rings. The maximum atomic E-state index is 12.1. The van der Waals surface area contributed by atoms with Crippen LogP contribution >= 0.6 is 15.9 Å². The van der Waals surface area contributed by atoms with Crippen LogP contribution in [0.4, 0.5) is 14.5 Å². The summed E-state index contributed by atoms with van der Waals surface area (Å²) in [6.45, 7) is -1.41. The number of carbonyl (C=O) groups excluding carboxylic acids is 2. The van der Waals surface area contributed by atoms with E-state index < -0.39 is 25.1 Å². The van der Waals surface area contributed by atoms with E-state index in [-0.39, 0.29) is 5.75 Å². The molecule has 2 aromatic carbocycles. The normalized spacial score (nSPS) is 10.9. The van der Waals surface area contributed by atoms with Crippen LogP contribution in [0.1, 0.15) is 11.1 Å². The van der Waals surface area contributed by atoms with Gasteiger partial charge in [0.2, 0.25) is 0 Å². The molecule has 0 atom stereocenters. The molecule has 0 aliphatic heterocycles. The highest BCUT2D eigenvalue weighted by atomic mass is 79.9. The zero-order chi connectivity index (χ0) is 19.8. The SMILES string of the molecule is Cc1ccc(NC(=O)COC(=O)C=Cc2ccc(OC(F)F)cc2)c(Br)c1. The van der Waals surface area contributed by atoms with Gasteiger partial charge < -0.3 is 14.8 Å². The van der Waals surface area contributed by atoms with Crippen LogP contribution in [0.5, 0.6) is 5.75 Å². The molecule has 8 heteroatoms. The largest absolute Gasteiger partial charge is 0.452 e. The Balaban J connectivity index is 1.81. The van der Waals surface area contributed by atoms with Crippen molar-refractivity contribution >= 4 is 39.6 Å². The van der Waals surface area contributed by atoms with Gasteiger partial charge in [0.05, 0.1) is 5.69 Å². The Morgan fingerprint density at radius 3 is 2.52 bits per heavy atom. The Labute approximate surface area is 163 Å². The second kappa shape index (κ2) is 9.82. The minimum Gasteiger partial charge on any atom is -0.452 e.